The summed E-state index contributed by atoms with van der Waals surface area (Å²) in [7, 11) is 4.25. The second-order valence-electron chi connectivity index (χ2n) is 10.2. The normalized spacial score (nSPS) is 15.4. The Morgan fingerprint density at radius 3 is 2.58 bits per heavy atom. The van der Waals surface area contributed by atoms with Crippen LogP contribution >= 0.6 is 0 Å². The van der Waals surface area contributed by atoms with Crippen molar-refractivity contribution < 1.29 is 4.79 Å². The molecule has 1 aliphatic heterocycles. The summed E-state index contributed by atoms with van der Waals surface area (Å²) in [5.74, 6) is 0.809. The lowest BCUT2D eigenvalue weighted by atomic mass is 9.98. The van der Waals surface area contributed by atoms with Crippen molar-refractivity contribution in [3.63, 3.8) is 0 Å². The number of amides is 1. The minimum atomic E-state index is -0.00237. The van der Waals surface area contributed by atoms with Gasteiger partial charge in [0.1, 0.15) is 5.82 Å². The molecule has 1 N–H and O–H groups in total. The number of anilines is 1. The van der Waals surface area contributed by atoms with E-state index < -0.39 is 0 Å². The summed E-state index contributed by atoms with van der Waals surface area (Å²) < 4.78 is 0. The largest absolute Gasteiger partial charge is 0.375 e. The minimum Gasteiger partial charge on any atom is -0.375 e. The number of nitrogens with one attached hydrogen (secondary N) is 1. The maximum atomic E-state index is 14.0. The van der Waals surface area contributed by atoms with Gasteiger partial charge in [-0.3, -0.25) is 4.79 Å². The summed E-state index contributed by atoms with van der Waals surface area (Å²) in [4.78, 5) is 25.0. The molecule has 3 rings (SSSR count). The molecule has 1 unspecified atom stereocenters. The van der Waals surface area contributed by atoms with Gasteiger partial charge in [0.25, 0.3) is 5.91 Å². The molecule has 0 aromatic heterocycles. The molecule has 0 aliphatic carbocycles. The first kappa shape index (κ1) is 29.2. The van der Waals surface area contributed by atoms with Crippen molar-refractivity contribution in [1.29, 1.82) is 0 Å². The molecule has 38 heavy (non-hydrogen) atoms. The van der Waals surface area contributed by atoms with Crippen molar-refractivity contribution >= 4 is 17.8 Å². The van der Waals surface area contributed by atoms with Crippen LogP contribution in [-0.4, -0.2) is 62.2 Å². The van der Waals surface area contributed by atoms with E-state index in [0.29, 0.717) is 17.9 Å². The van der Waals surface area contributed by atoms with E-state index in [1.807, 2.05) is 17.9 Å². The average Bonchev–Trinajstić information content (AvgIpc) is 3.03. The third-order valence-electron chi connectivity index (χ3n) is 7.15. The van der Waals surface area contributed by atoms with Crippen LogP contribution in [0.1, 0.15) is 44.7 Å². The molecule has 1 aliphatic rings. The van der Waals surface area contributed by atoms with E-state index in [0.717, 1.165) is 56.8 Å². The van der Waals surface area contributed by atoms with Crippen molar-refractivity contribution in [2.75, 3.05) is 45.2 Å². The first-order valence-electron chi connectivity index (χ1n) is 13.9. The van der Waals surface area contributed by atoms with E-state index >= 15 is 0 Å². The van der Waals surface area contributed by atoms with E-state index in [-0.39, 0.29) is 11.8 Å². The number of carbonyl (C=O) groups is 1. The number of aliphatic imine (C=N–C) groups is 1. The lowest BCUT2D eigenvalue weighted by Crippen LogP contribution is -2.34. The van der Waals surface area contributed by atoms with Gasteiger partial charge in [-0.25, -0.2) is 4.99 Å². The molecule has 0 bridgehead atoms. The number of allylic oxidation sites excluding steroid dienone is 1. The van der Waals surface area contributed by atoms with Gasteiger partial charge in [-0.15, -0.1) is 0 Å². The molecule has 0 saturated carbocycles. The Hall–Kier alpha value is -3.38. The van der Waals surface area contributed by atoms with E-state index in [9.17, 15) is 4.79 Å². The summed E-state index contributed by atoms with van der Waals surface area (Å²) in [6.45, 7) is 14.4. The maximum absolute atomic E-state index is 14.0. The zero-order valence-corrected chi connectivity index (χ0v) is 23.9. The van der Waals surface area contributed by atoms with Gasteiger partial charge in [-0.2, -0.15) is 0 Å². The standard InChI is InChI=1S/C32H45N5O/c1-7-25(3)31-30(23-34-26(4)33-8-2)32(38)37(21-20-36(31)6)29-18-12-16-27(22-29)17-13-19-35(5)24-28-14-10-9-11-15-28/h9-12,14-16,18,22-23,25,33H,4,7-8,13,17,19-21,24H2,1-3,5-6H3/b34-23-. The van der Waals surface area contributed by atoms with Crippen LogP contribution in [0.3, 0.4) is 0 Å². The molecule has 6 heteroatoms. The molecule has 0 saturated heterocycles. The van der Waals surface area contributed by atoms with Crippen LogP contribution in [0, 0.1) is 5.92 Å². The second kappa shape index (κ2) is 14.5. The highest BCUT2D eigenvalue weighted by Gasteiger charge is 2.29. The Morgan fingerprint density at radius 2 is 1.87 bits per heavy atom. The van der Waals surface area contributed by atoms with Crippen LogP contribution < -0.4 is 10.2 Å². The molecule has 6 nitrogen and oxygen atoms in total. The molecule has 1 amide bonds. The van der Waals surface area contributed by atoms with Gasteiger partial charge in [0.2, 0.25) is 0 Å². The quantitative estimate of drug-likeness (QED) is 0.359. The zero-order valence-electron chi connectivity index (χ0n) is 23.9. The molecule has 1 heterocycles. The monoisotopic (exact) mass is 515 g/mol. The van der Waals surface area contributed by atoms with Gasteiger partial charge in [0.05, 0.1) is 5.57 Å². The smallest absolute Gasteiger partial charge is 0.261 e. The lowest BCUT2D eigenvalue weighted by molar-refractivity contribution is -0.114. The summed E-state index contributed by atoms with van der Waals surface area (Å²) in [5, 5.41) is 3.12. The summed E-state index contributed by atoms with van der Waals surface area (Å²) in [5.41, 5.74) is 5.22. The highest BCUT2D eigenvalue weighted by molar-refractivity contribution is 6.19. The van der Waals surface area contributed by atoms with Gasteiger partial charge in [0, 0.05) is 50.8 Å². The Balaban J connectivity index is 1.76. The lowest BCUT2D eigenvalue weighted by Gasteiger charge is -2.26. The van der Waals surface area contributed by atoms with Crippen LogP contribution in [0.25, 0.3) is 0 Å². The predicted octanol–water partition coefficient (Wildman–Crippen LogP) is 5.48. The van der Waals surface area contributed by atoms with Crippen LogP contribution in [0.4, 0.5) is 5.69 Å². The third-order valence-corrected chi connectivity index (χ3v) is 7.15. The molecule has 2 aromatic carbocycles. The third kappa shape index (κ3) is 8.06. The molecule has 204 valence electrons. The van der Waals surface area contributed by atoms with Crippen LogP contribution in [0.5, 0.6) is 0 Å². The van der Waals surface area contributed by atoms with Gasteiger partial charge in [-0.05, 0) is 69.0 Å². The SMILES string of the molecule is C=C(/N=C\C1=C(C(C)CC)N(C)CCN(c2cccc(CCCN(C)Cc3ccccc3)c2)C1=O)NCC. The highest BCUT2D eigenvalue weighted by Crippen LogP contribution is 2.28. The Labute approximate surface area is 229 Å². The Morgan fingerprint density at radius 1 is 1.13 bits per heavy atom. The fourth-order valence-corrected chi connectivity index (χ4v) is 4.93. The first-order valence-corrected chi connectivity index (χ1v) is 13.9. The molecule has 2 aromatic rings. The van der Waals surface area contributed by atoms with E-state index in [1.165, 1.54) is 11.1 Å². The van der Waals surface area contributed by atoms with Gasteiger partial charge >= 0.3 is 0 Å². The molecular weight excluding hydrogens is 470 g/mol. The van der Waals surface area contributed by atoms with Crippen molar-refractivity contribution in [2.45, 2.75) is 46.6 Å². The Bertz CT molecular complexity index is 1120. The van der Waals surface area contributed by atoms with Crippen LogP contribution in [0.2, 0.25) is 0 Å². The number of hydrogen-bond donors (Lipinski definition) is 1. The van der Waals surface area contributed by atoms with Crippen molar-refractivity contribution in [2.24, 2.45) is 10.9 Å². The average molecular weight is 516 g/mol. The zero-order chi connectivity index (χ0) is 27.5. The van der Waals surface area contributed by atoms with E-state index in [4.69, 9.17) is 0 Å². The minimum absolute atomic E-state index is 0.00237. The molecular formula is C32H45N5O. The fraction of sp³-hybridized carbons (Fsp3) is 0.438. The molecule has 1 atom stereocenters. The number of carbonyl (C=O) groups excluding carboxylic acids is 1. The predicted molar refractivity (Wildman–Crippen MR) is 160 cm³/mol. The van der Waals surface area contributed by atoms with E-state index in [1.54, 1.807) is 6.21 Å². The fourth-order valence-electron chi connectivity index (χ4n) is 4.93. The van der Waals surface area contributed by atoms with E-state index in [2.05, 4.69) is 103 Å². The number of rotatable bonds is 13. The highest BCUT2D eigenvalue weighted by atomic mass is 16.2. The number of hydrogen-bond acceptors (Lipinski definition) is 5. The Kier molecular flexibility index (Phi) is 11.2. The first-order chi connectivity index (χ1) is 18.3. The van der Waals surface area contributed by atoms with Crippen molar-refractivity contribution in [1.82, 2.24) is 15.1 Å². The molecule has 0 radical (unpaired) electrons. The van der Waals surface area contributed by atoms with Crippen molar-refractivity contribution in [3.05, 3.63) is 89.4 Å². The van der Waals surface area contributed by atoms with Crippen LogP contribution in [-0.2, 0) is 17.8 Å². The topological polar surface area (TPSA) is 51.2 Å². The van der Waals surface area contributed by atoms with Crippen LogP contribution in [0.15, 0.2) is 83.3 Å². The van der Waals surface area contributed by atoms with Gasteiger partial charge < -0.3 is 20.0 Å². The second-order valence-corrected chi connectivity index (χ2v) is 10.2. The number of aryl methyl sites for hydroxylation is 1. The summed E-state index contributed by atoms with van der Waals surface area (Å²) in [6, 6.07) is 19.0. The number of likely N-dealkylation sites (N-methyl/N-ethyl adjacent to an activating group) is 1. The van der Waals surface area contributed by atoms with Gasteiger partial charge in [-0.1, -0.05) is 62.9 Å². The molecule has 0 fully saturated rings. The number of nitrogens with zero attached hydrogens (tertiary/aromatic N) is 4. The van der Waals surface area contributed by atoms with Gasteiger partial charge in [0.15, 0.2) is 0 Å². The molecule has 0 spiro atoms. The summed E-state index contributed by atoms with van der Waals surface area (Å²) in [6.07, 6.45) is 4.69. The summed E-state index contributed by atoms with van der Waals surface area (Å²) >= 11 is 0. The van der Waals surface area contributed by atoms with Crippen molar-refractivity contribution in [3.8, 4) is 0 Å². The maximum Gasteiger partial charge on any atom is 0.261 e. The number of benzene rings is 2.